The van der Waals surface area contributed by atoms with Crippen molar-refractivity contribution in [1.82, 2.24) is 10.0 Å². The number of amides is 2. The Bertz CT molecular complexity index is 431. The van der Waals surface area contributed by atoms with Gasteiger partial charge in [-0.15, -0.1) is 0 Å². The highest BCUT2D eigenvalue weighted by atomic mass is 32.2. The maximum atomic E-state index is 11.6. The van der Waals surface area contributed by atoms with Gasteiger partial charge in [-0.3, -0.25) is 9.59 Å². The quantitative estimate of drug-likeness (QED) is 0.271. The fourth-order valence-electron chi connectivity index (χ4n) is 1.03. The van der Waals surface area contributed by atoms with Crippen molar-refractivity contribution in [3.05, 3.63) is 9.81 Å². The number of thioether (sulfide) groups is 2. The molecule has 0 radical (unpaired) electrons. The molecule has 4 N–H and O–H groups in total. The van der Waals surface area contributed by atoms with Crippen molar-refractivity contribution >= 4 is 68.4 Å². The van der Waals surface area contributed by atoms with Gasteiger partial charge in [-0.1, -0.05) is 48.0 Å². The van der Waals surface area contributed by atoms with E-state index in [1.807, 2.05) is 0 Å². The van der Waals surface area contributed by atoms with Gasteiger partial charge in [0.25, 0.3) is 11.8 Å². The minimum absolute atomic E-state index is 0.179. The van der Waals surface area contributed by atoms with Crippen LogP contribution in [0.2, 0.25) is 0 Å². The molecule has 2 aliphatic heterocycles. The summed E-state index contributed by atoms with van der Waals surface area (Å²) < 4.78 is 0.393. The zero-order valence-electron chi connectivity index (χ0n) is 7.50. The zero-order chi connectivity index (χ0) is 12.0. The molecule has 0 spiro atoms. The molecule has 0 aromatic heterocycles. The Morgan fingerprint density at radius 2 is 1.19 bits per heavy atom. The van der Waals surface area contributed by atoms with E-state index in [2.05, 4.69) is 0 Å². The van der Waals surface area contributed by atoms with Crippen LogP contribution in [0, 0.1) is 0 Å². The van der Waals surface area contributed by atoms with Crippen LogP contribution in [0.3, 0.4) is 0 Å². The van der Waals surface area contributed by atoms with Crippen LogP contribution in [0.1, 0.15) is 0 Å². The lowest BCUT2D eigenvalue weighted by Crippen LogP contribution is -2.36. The molecule has 10 heteroatoms. The molecule has 0 unspecified atom stereocenters. The van der Waals surface area contributed by atoms with E-state index in [9.17, 15) is 9.59 Å². The van der Waals surface area contributed by atoms with Crippen molar-refractivity contribution in [1.29, 1.82) is 0 Å². The molecule has 6 nitrogen and oxygen atoms in total. The minimum Gasteiger partial charge on any atom is -0.267 e. The average molecular weight is 292 g/mol. The van der Waals surface area contributed by atoms with Crippen LogP contribution in [0.5, 0.6) is 0 Å². The number of thiocarbonyl (C=S) groups is 2. The van der Waals surface area contributed by atoms with E-state index in [-0.39, 0.29) is 18.5 Å². The van der Waals surface area contributed by atoms with E-state index < -0.39 is 11.8 Å². The molecule has 0 atom stereocenters. The van der Waals surface area contributed by atoms with E-state index in [0.717, 1.165) is 33.5 Å². The lowest BCUT2D eigenvalue weighted by atomic mass is 10.4. The van der Waals surface area contributed by atoms with Gasteiger partial charge in [0.2, 0.25) is 0 Å². The number of carbonyl (C=O) groups is 2. The zero-order valence-corrected chi connectivity index (χ0v) is 10.8. The molecule has 2 rings (SSSR count). The number of carbonyl (C=O) groups excluding carboxylic acids is 2. The van der Waals surface area contributed by atoms with Gasteiger partial charge in [0.15, 0.2) is 8.64 Å². The topological polar surface area (TPSA) is 92.7 Å². The fraction of sp³-hybridized carbons (Fsp3) is 0. The molecule has 2 heterocycles. The maximum Gasteiger partial charge on any atom is 0.281 e. The highest BCUT2D eigenvalue weighted by Crippen LogP contribution is 2.40. The van der Waals surface area contributed by atoms with E-state index in [4.69, 9.17) is 36.1 Å². The van der Waals surface area contributed by atoms with Gasteiger partial charge in [0.05, 0.1) is 0 Å². The lowest BCUT2D eigenvalue weighted by molar-refractivity contribution is -0.124. The summed E-state index contributed by atoms with van der Waals surface area (Å²) in [6.45, 7) is 0. The third-order valence-electron chi connectivity index (χ3n) is 1.80. The molecule has 2 saturated heterocycles. The van der Waals surface area contributed by atoms with Crippen molar-refractivity contribution in [2.75, 3.05) is 0 Å². The van der Waals surface area contributed by atoms with Gasteiger partial charge in [0.1, 0.15) is 9.81 Å². The summed E-state index contributed by atoms with van der Waals surface area (Å²) in [7, 11) is 0. The molecule has 0 bridgehead atoms. The van der Waals surface area contributed by atoms with E-state index in [0.29, 0.717) is 0 Å². The van der Waals surface area contributed by atoms with Crippen LogP contribution in [0.25, 0.3) is 0 Å². The highest BCUT2D eigenvalue weighted by molar-refractivity contribution is 8.29. The van der Waals surface area contributed by atoms with Gasteiger partial charge in [-0.2, -0.15) is 0 Å². The normalized spacial score (nSPS) is 26.4. The second kappa shape index (κ2) is 4.05. The molecule has 0 aromatic carbocycles. The van der Waals surface area contributed by atoms with Crippen molar-refractivity contribution in [2.24, 2.45) is 11.7 Å². The van der Waals surface area contributed by atoms with Crippen molar-refractivity contribution in [3.8, 4) is 0 Å². The van der Waals surface area contributed by atoms with Gasteiger partial charge in [-0.25, -0.2) is 21.7 Å². The number of nitrogens with zero attached hydrogens (tertiary/aromatic N) is 2. The second-order valence-corrected chi connectivity index (χ2v) is 6.03. The van der Waals surface area contributed by atoms with Gasteiger partial charge >= 0.3 is 0 Å². The van der Waals surface area contributed by atoms with Crippen molar-refractivity contribution in [3.63, 3.8) is 0 Å². The molecule has 2 fully saturated rings. The summed E-state index contributed by atoms with van der Waals surface area (Å²) in [5.41, 5.74) is 0. The summed E-state index contributed by atoms with van der Waals surface area (Å²) in [6, 6.07) is 0. The second-order valence-electron chi connectivity index (χ2n) is 2.74. The molecule has 2 amide bonds. The predicted molar refractivity (Wildman–Crippen MR) is 69.5 cm³/mol. The third kappa shape index (κ3) is 1.67. The molecular weight excluding hydrogens is 288 g/mol. The predicted octanol–water partition coefficient (Wildman–Crippen LogP) is -0.334. The minimum atomic E-state index is -0.510. The van der Waals surface area contributed by atoms with Gasteiger partial charge in [0, 0.05) is 0 Å². The largest absolute Gasteiger partial charge is 0.281 e. The van der Waals surface area contributed by atoms with Crippen molar-refractivity contribution < 1.29 is 9.59 Å². The Labute approximate surface area is 109 Å². The van der Waals surface area contributed by atoms with Crippen LogP contribution in [0.4, 0.5) is 0 Å². The molecule has 16 heavy (non-hydrogen) atoms. The third-order valence-corrected chi connectivity index (χ3v) is 4.74. The standard InChI is InChI=1S/C6H4N4O2S4/c7-9-3(11)1(15-5(9)13)2-4(12)10(8)6(14)16-2/h7-8H2/b2-1+. The van der Waals surface area contributed by atoms with Crippen LogP contribution >= 0.6 is 48.0 Å². The first kappa shape index (κ1) is 12.0. The Kier molecular flexibility index (Phi) is 3.03. The Hall–Kier alpha value is -0.520. The Balaban J connectivity index is 2.45. The van der Waals surface area contributed by atoms with Gasteiger partial charge < -0.3 is 0 Å². The maximum absolute atomic E-state index is 11.6. The van der Waals surface area contributed by atoms with Crippen LogP contribution in [-0.2, 0) is 9.59 Å². The number of hydrogen-bond acceptors (Lipinski definition) is 8. The molecule has 2 aliphatic rings. The van der Waals surface area contributed by atoms with E-state index in [1.54, 1.807) is 0 Å². The monoisotopic (exact) mass is 292 g/mol. The van der Waals surface area contributed by atoms with Crippen LogP contribution in [-0.4, -0.2) is 30.5 Å². The first-order valence-electron chi connectivity index (χ1n) is 3.79. The van der Waals surface area contributed by atoms with E-state index in [1.165, 1.54) is 0 Å². The molecule has 0 aliphatic carbocycles. The summed E-state index contributed by atoms with van der Waals surface area (Å²) in [6.07, 6.45) is 0. The van der Waals surface area contributed by atoms with Crippen molar-refractivity contribution in [2.45, 2.75) is 0 Å². The fourth-order valence-corrected chi connectivity index (χ4v) is 3.39. The van der Waals surface area contributed by atoms with E-state index >= 15 is 0 Å². The summed E-state index contributed by atoms with van der Waals surface area (Å²) >= 11 is 11.6. The summed E-state index contributed by atoms with van der Waals surface area (Å²) in [4.78, 5) is 23.6. The molecule has 0 saturated carbocycles. The number of nitrogens with two attached hydrogens (primary N) is 2. The number of rotatable bonds is 0. The lowest BCUT2D eigenvalue weighted by Gasteiger charge is -2.04. The number of hydrogen-bond donors (Lipinski definition) is 2. The summed E-state index contributed by atoms with van der Waals surface area (Å²) in [5, 5.41) is 1.64. The molecular formula is C6H4N4O2S4. The first-order valence-corrected chi connectivity index (χ1v) is 6.24. The smallest absolute Gasteiger partial charge is 0.267 e. The SMILES string of the molecule is NN1C(=O)/C(=C2\SC(=S)N(N)C2=O)SC1=S. The Morgan fingerprint density at radius 1 is 0.875 bits per heavy atom. The molecule has 0 aromatic rings. The van der Waals surface area contributed by atoms with Gasteiger partial charge in [-0.05, 0) is 0 Å². The summed E-state index contributed by atoms with van der Waals surface area (Å²) in [5.74, 6) is 9.75. The van der Waals surface area contributed by atoms with Crippen LogP contribution < -0.4 is 11.7 Å². The number of hydrazine groups is 2. The first-order chi connectivity index (χ1) is 7.43. The van der Waals surface area contributed by atoms with Crippen LogP contribution in [0.15, 0.2) is 9.81 Å². The molecule has 84 valence electrons. The average Bonchev–Trinajstić information content (AvgIpc) is 2.64. The Morgan fingerprint density at radius 3 is 1.38 bits per heavy atom. The highest BCUT2D eigenvalue weighted by Gasteiger charge is 2.40.